The molecule has 1 heterocycles. The predicted molar refractivity (Wildman–Crippen MR) is 97.4 cm³/mol. The molecule has 0 saturated carbocycles. The van der Waals surface area contributed by atoms with Gasteiger partial charge in [-0.25, -0.2) is 4.79 Å². The van der Waals surface area contributed by atoms with E-state index in [0.29, 0.717) is 6.42 Å². The maximum atomic E-state index is 12.6. The zero-order valence-corrected chi connectivity index (χ0v) is 14.4. The molecular weight excluding hydrogens is 316 g/mol. The van der Waals surface area contributed by atoms with Crippen LogP contribution in [-0.2, 0) is 14.3 Å². The monoisotopic (exact) mass is 338 g/mol. The number of amides is 1. The van der Waals surface area contributed by atoms with Crippen LogP contribution >= 0.6 is 0 Å². The minimum atomic E-state index is -0.807. The number of carbonyl (C=O) groups excluding carboxylic acids is 2. The van der Waals surface area contributed by atoms with Crippen molar-refractivity contribution in [1.82, 2.24) is 0 Å². The van der Waals surface area contributed by atoms with E-state index in [1.165, 1.54) is 0 Å². The van der Waals surface area contributed by atoms with E-state index >= 15 is 0 Å². The van der Waals surface area contributed by atoms with E-state index in [0.717, 1.165) is 16.9 Å². The lowest BCUT2D eigenvalue weighted by Crippen LogP contribution is -2.47. The molecule has 1 amide bonds. The molecule has 130 valence electrons. The first-order chi connectivity index (χ1) is 12.1. The van der Waals surface area contributed by atoms with E-state index in [4.69, 9.17) is 4.74 Å². The minimum absolute atomic E-state index is 0.0693. The Morgan fingerprint density at radius 2 is 1.80 bits per heavy atom. The highest BCUT2D eigenvalue weighted by molar-refractivity contribution is 6.38. The molecule has 1 aliphatic heterocycles. The minimum Gasteiger partial charge on any atom is -0.459 e. The van der Waals surface area contributed by atoms with Crippen molar-refractivity contribution in [1.29, 1.82) is 0 Å². The average molecular weight is 338 g/mol. The number of fused-ring (bicyclic) bond motifs is 1. The molecule has 2 aromatic rings. The van der Waals surface area contributed by atoms with Crippen molar-refractivity contribution in [2.45, 2.75) is 32.4 Å². The lowest BCUT2D eigenvalue weighted by molar-refractivity contribution is -0.153. The first kappa shape index (κ1) is 17.0. The third-order valence-corrected chi connectivity index (χ3v) is 4.37. The van der Waals surface area contributed by atoms with Crippen LogP contribution in [0.3, 0.4) is 0 Å². The summed E-state index contributed by atoms with van der Waals surface area (Å²) in [6.45, 7) is 3.83. The molecule has 0 radical (unpaired) electrons. The molecular formula is C20H22N2O3. The summed E-state index contributed by atoms with van der Waals surface area (Å²) in [5, 5.41) is 3.53. The van der Waals surface area contributed by atoms with Gasteiger partial charge in [-0.3, -0.25) is 9.69 Å². The average Bonchev–Trinajstić information content (AvgIpc) is 2.62. The van der Waals surface area contributed by atoms with Crippen LogP contribution in [0.15, 0.2) is 54.6 Å². The Kier molecular flexibility index (Phi) is 5.03. The molecule has 0 saturated heterocycles. The number of nitrogens with zero attached hydrogens (tertiary/aromatic N) is 1. The molecule has 0 unspecified atom stereocenters. The summed E-state index contributed by atoms with van der Waals surface area (Å²) in [6, 6.07) is 17.6. The zero-order valence-electron chi connectivity index (χ0n) is 14.4. The van der Waals surface area contributed by atoms with Crippen molar-refractivity contribution in [3.05, 3.63) is 60.2 Å². The Bertz CT molecular complexity index is 761. The van der Waals surface area contributed by atoms with Gasteiger partial charge in [0.05, 0.1) is 12.6 Å². The molecule has 1 N–H and O–H groups in total. The third-order valence-electron chi connectivity index (χ3n) is 4.37. The molecule has 5 heteroatoms. The van der Waals surface area contributed by atoms with Gasteiger partial charge in [-0.1, -0.05) is 36.4 Å². The molecule has 0 aliphatic carbocycles. The first-order valence-electron chi connectivity index (χ1n) is 8.52. The van der Waals surface area contributed by atoms with Gasteiger partial charge in [0.15, 0.2) is 0 Å². The van der Waals surface area contributed by atoms with Crippen molar-refractivity contribution in [2.24, 2.45) is 0 Å². The summed E-state index contributed by atoms with van der Waals surface area (Å²) in [5.41, 5.74) is 2.79. The second-order valence-corrected chi connectivity index (χ2v) is 6.10. The van der Waals surface area contributed by atoms with Crippen LogP contribution < -0.4 is 10.2 Å². The van der Waals surface area contributed by atoms with Crippen LogP contribution in [0.5, 0.6) is 0 Å². The maximum absolute atomic E-state index is 12.6. The fourth-order valence-corrected chi connectivity index (χ4v) is 3.29. The Morgan fingerprint density at radius 3 is 2.52 bits per heavy atom. The van der Waals surface area contributed by atoms with Crippen LogP contribution in [0.2, 0.25) is 0 Å². The number of ether oxygens (including phenoxy) is 1. The summed E-state index contributed by atoms with van der Waals surface area (Å²) in [5.74, 6) is -1.42. The lowest BCUT2D eigenvalue weighted by Gasteiger charge is -2.39. The first-order valence-corrected chi connectivity index (χ1v) is 8.52. The Morgan fingerprint density at radius 1 is 1.12 bits per heavy atom. The lowest BCUT2D eigenvalue weighted by atomic mass is 9.91. The second-order valence-electron chi connectivity index (χ2n) is 6.10. The van der Waals surface area contributed by atoms with Crippen molar-refractivity contribution >= 4 is 23.3 Å². The molecule has 3 rings (SSSR count). The molecule has 0 spiro atoms. The molecule has 0 aromatic heterocycles. The van der Waals surface area contributed by atoms with Gasteiger partial charge >= 0.3 is 11.9 Å². The number of esters is 1. The topological polar surface area (TPSA) is 58.6 Å². The number of rotatable bonds is 3. The number of hydrogen-bond acceptors (Lipinski definition) is 4. The van der Waals surface area contributed by atoms with Crippen molar-refractivity contribution < 1.29 is 14.3 Å². The van der Waals surface area contributed by atoms with Crippen molar-refractivity contribution in [3.8, 4) is 0 Å². The predicted octanol–water partition coefficient (Wildman–Crippen LogP) is 3.53. The number of carbonyl (C=O) groups is 2. The number of nitrogens with one attached hydrogen (secondary N) is 1. The van der Waals surface area contributed by atoms with Crippen LogP contribution in [0.4, 0.5) is 11.4 Å². The van der Waals surface area contributed by atoms with Gasteiger partial charge < -0.3 is 10.1 Å². The molecule has 5 nitrogen and oxygen atoms in total. The van der Waals surface area contributed by atoms with E-state index < -0.39 is 11.9 Å². The molecule has 2 aromatic carbocycles. The SMILES string of the molecule is CCOC(=O)C(=O)N1c2ccccc2[C@H](Nc2ccccc2)C[C@H]1C. The van der Waals surface area contributed by atoms with E-state index in [1.807, 2.05) is 61.5 Å². The van der Waals surface area contributed by atoms with Crippen LogP contribution in [0.1, 0.15) is 31.9 Å². The van der Waals surface area contributed by atoms with Crippen LogP contribution in [0, 0.1) is 0 Å². The summed E-state index contributed by atoms with van der Waals surface area (Å²) >= 11 is 0. The summed E-state index contributed by atoms with van der Waals surface area (Å²) in [6.07, 6.45) is 0.705. The maximum Gasteiger partial charge on any atom is 0.397 e. The second kappa shape index (κ2) is 7.38. The quantitative estimate of drug-likeness (QED) is 0.687. The summed E-state index contributed by atoms with van der Waals surface area (Å²) < 4.78 is 4.90. The van der Waals surface area contributed by atoms with Gasteiger partial charge in [-0.05, 0) is 44.0 Å². The summed E-state index contributed by atoms with van der Waals surface area (Å²) in [4.78, 5) is 26.1. The van der Waals surface area contributed by atoms with Gasteiger partial charge in [0.1, 0.15) is 0 Å². The highest BCUT2D eigenvalue weighted by Gasteiger charge is 2.36. The smallest absolute Gasteiger partial charge is 0.397 e. The highest BCUT2D eigenvalue weighted by Crippen LogP contribution is 2.38. The van der Waals surface area contributed by atoms with Crippen LogP contribution in [-0.4, -0.2) is 24.5 Å². The molecule has 25 heavy (non-hydrogen) atoms. The van der Waals surface area contributed by atoms with Gasteiger partial charge in [-0.2, -0.15) is 0 Å². The standard InChI is InChI=1S/C20H22N2O3/c1-3-25-20(24)19(23)22-14(2)13-17(16-11-7-8-12-18(16)22)21-15-9-5-4-6-10-15/h4-12,14,17,21H,3,13H2,1-2H3/t14-,17-/m1/s1. The molecule has 1 aliphatic rings. The van der Waals surface area contributed by atoms with Gasteiger partial charge in [0, 0.05) is 17.4 Å². The Hall–Kier alpha value is -2.82. The highest BCUT2D eigenvalue weighted by atomic mass is 16.5. The van der Waals surface area contributed by atoms with E-state index in [9.17, 15) is 9.59 Å². The van der Waals surface area contributed by atoms with Crippen molar-refractivity contribution in [2.75, 3.05) is 16.8 Å². The van der Waals surface area contributed by atoms with E-state index in [2.05, 4.69) is 5.32 Å². The van der Waals surface area contributed by atoms with Crippen molar-refractivity contribution in [3.63, 3.8) is 0 Å². The largest absolute Gasteiger partial charge is 0.459 e. The third kappa shape index (κ3) is 3.50. The summed E-state index contributed by atoms with van der Waals surface area (Å²) in [7, 11) is 0. The van der Waals surface area contributed by atoms with E-state index in [1.54, 1.807) is 11.8 Å². The number of anilines is 2. The van der Waals surface area contributed by atoms with Gasteiger partial charge in [0.25, 0.3) is 0 Å². The number of benzene rings is 2. The van der Waals surface area contributed by atoms with Gasteiger partial charge in [0.2, 0.25) is 0 Å². The normalized spacial score (nSPS) is 19.0. The Balaban J connectivity index is 1.92. The van der Waals surface area contributed by atoms with E-state index in [-0.39, 0.29) is 18.7 Å². The number of para-hydroxylation sites is 2. The molecule has 2 atom stereocenters. The fraction of sp³-hybridized carbons (Fsp3) is 0.300. The van der Waals surface area contributed by atoms with Crippen LogP contribution in [0.25, 0.3) is 0 Å². The Labute approximate surface area is 147 Å². The van der Waals surface area contributed by atoms with Gasteiger partial charge in [-0.15, -0.1) is 0 Å². The zero-order chi connectivity index (χ0) is 17.8. The fourth-order valence-electron chi connectivity index (χ4n) is 3.29. The molecule has 0 fully saturated rings. The molecule has 0 bridgehead atoms. The number of hydrogen-bond donors (Lipinski definition) is 1.